The van der Waals surface area contributed by atoms with E-state index < -0.39 is 4.92 Å². The molecule has 2 rings (SSSR count). The quantitative estimate of drug-likeness (QED) is 0.687. The number of nitrogens with one attached hydrogen (secondary N) is 1. The first-order valence-electron chi connectivity index (χ1n) is 5.27. The summed E-state index contributed by atoms with van der Waals surface area (Å²) >= 11 is 3.26. The lowest BCUT2D eigenvalue weighted by molar-refractivity contribution is -0.384. The minimum Gasteiger partial charge on any atom is -0.449 e. The van der Waals surface area contributed by atoms with E-state index in [0.717, 1.165) is 0 Å². The topological polar surface area (TPSA) is 92.1 Å². The van der Waals surface area contributed by atoms with E-state index in [-0.39, 0.29) is 11.4 Å². The fourth-order valence-electron chi connectivity index (χ4n) is 1.48. The van der Waals surface area contributed by atoms with E-state index in [1.54, 1.807) is 18.2 Å². The van der Waals surface area contributed by atoms with E-state index in [2.05, 4.69) is 21.2 Å². The molecule has 0 unspecified atom stereocenters. The lowest BCUT2D eigenvalue weighted by Crippen LogP contribution is -1.99. The zero-order chi connectivity index (χ0) is 13.8. The van der Waals surface area contributed by atoms with Gasteiger partial charge in [-0.25, -0.2) is 0 Å². The fraction of sp³-hybridized carbons (Fsp3) is 0.0833. The van der Waals surface area contributed by atoms with Gasteiger partial charge in [0, 0.05) is 22.3 Å². The zero-order valence-corrected chi connectivity index (χ0v) is 11.2. The van der Waals surface area contributed by atoms with Crippen LogP contribution in [-0.2, 0) is 6.54 Å². The van der Waals surface area contributed by atoms with Crippen molar-refractivity contribution in [1.82, 2.24) is 0 Å². The Morgan fingerprint density at radius 3 is 2.79 bits per heavy atom. The molecule has 0 fully saturated rings. The highest BCUT2D eigenvalue weighted by molar-refractivity contribution is 9.10. The molecule has 1 aromatic carbocycles. The Hall–Kier alpha value is -2.33. The summed E-state index contributed by atoms with van der Waals surface area (Å²) in [5.41, 5.74) is 0.725. The van der Waals surface area contributed by atoms with E-state index in [1.165, 1.54) is 12.1 Å². The maximum absolute atomic E-state index is 10.6. The Bertz CT molecular complexity index is 660. The molecule has 0 radical (unpaired) electrons. The molecule has 96 valence electrons. The maximum atomic E-state index is 10.6. The number of rotatable bonds is 4. The highest BCUT2D eigenvalue weighted by Gasteiger charge is 2.09. The molecule has 0 spiro atoms. The molecule has 0 saturated heterocycles. The Morgan fingerprint density at radius 1 is 1.42 bits per heavy atom. The average molecular weight is 322 g/mol. The van der Waals surface area contributed by atoms with Gasteiger partial charge in [0.2, 0.25) is 5.76 Å². The second-order valence-electron chi connectivity index (χ2n) is 3.65. The number of halogens is 1. The van der Waals surface area contributed by atoms with Crippen molar-refractivity contribution in [3.63, 3.8) is 0 Å². The van der Waals surface area contributed by atoms with Crippen molar-refractivity contribution in [2.75, 3.05) is 5.32 Å². The first-order chi connectivity index (χ1) is 9.10. The summed E-state index contributed by atoms with van der Waals surface area (Å²) in [4.78, 5) is 10.1. The standard InChI is InChI=1S/C12H8BrN3O3/c13-11-5-8(16(17)18)1-4-12(11)15-7-10-3-2-9(6-14)19-10/h1-5,15H,7H2. The van der Waals surface area contributed by atoms with E-state index in [4.69, 9.17) is 9.68 Å². The van der Waals surface area contributed by atoms with E-state index in [9.17, 15) is 10.1 Å². The van der Waals surface area contributed by atoms with Crippen molar-refractivity contribution in [2.24, 2.45) is 0 Å². The molecule has 2 aromatic rings. The molecule has 0 amide bonds. The number of hydrogen-bond acceptors (Lipinski definition) is 5. The molecule has 0 bridgehead atoms. The van der Waals surface area contributed by atoms with Crippen LogP contribution in [0.25, 0.3) is 0 Å². The summed E-state index contributed by atoms with van der Waals surface area (Å²) in [6.07, 6.45) is 0. The summed E-state index contributed by atoms with van der Waals surface area (Å²) < 4.78 is 5.80. The minimum atomic E-state index is -0.458. The molecule has 1 aromatic heterocycles. The second-order valence-corrected chi connectivity index (χ2v) is 4.51. The Kier molecular flexibility index (Phi) is 3.82. The lowest BCUT2D eigenvalue weighted by Gasteiger charge is -2.06. The van der Waals surface area contributed by atoms with Crippen LogP contribution >= 0.6 is 15.9 Å². The van der Waals surface area contributed by atoms with Crippen LogP contribution in [0.5, 0.6) is 0 Å². The second kappa shape index (κ2) is 5.54. The minimum absolute atomic E-state index is 0.0159. The third-order valence-corrected chi connectivity index (χ3v) is 3.04. The van der Waals surface area contributed by atoms with Crippen molar-refractivity contribution >= 4 is 27.3 Å². The monoisotopic (exact) mass is 321 g/mol. The summed E-state index contributed by atoms with van der Waals surface area (Å²) in [6.45, 7) is 0.387. The van der Waals surface area contributed by atoms with Gasteiger partial charge in [0.15, 0.2) is 0 Å². The molecule has 1 heterocycles. The SMILES string of the molecule is N#Cc1ccc(CNc2ccc([N+](=O)[O-])cc2Br)o1. The van der Waals surface area contributed by atoms with Crippen molar-refractivity contribution < 1.29 is 9.34 Å². The largest absolute Gasteiger partial charge is 0.449 e. The van der Waals surface area contributed by atoms with Crippen LogP contribution in [0.1, 0.15) is 11.5 Å². The van der Waals surface area contributed by atoms with Gasteiger partial charge in [0.05, 0.1) is 11.5 Å². The number of furan rings is 1. The van der Waals surface area contributed by atoms with Crippen LogP contribution in [-0.4, -0.2) is 4.92 Å². The molecular weight excluding hydrogens is 314 g/mol. The number of nitrogens with zero attached hydrogens (tertiary/aromatic N) is 2. The molecule has 1 N–H and O–H groups in total. The summed E-state index contributed by atoms with van der Waals surface area (Å²) in [5, 5.41) is 22.3. The molecule has 0 aliphatic carbocycles. The van der Waals surface area contributed by atoms with Gasteiger partial charge in [-0.15, -0.1) is 0 Å². The van der Waals surface area contributed by atoms with E-state index in [1.807, 2.05) is 6.07 Å². The third-order valence-electron chi connectivity index (χ3n) is 2.39. The molecular formula is C12H8BrN3O3. The van der Waals surface area contributed by atoms with E-state index >= 15 is 0 Å². The number of nitro benzene ring substituents is 1. The normalized spacial score (nSPS) is 9.89. The number of benzene rings is 1. The van der Waals surface area contributed by atoms with Gasteiger partial charge in [-0.2, -0.15) is 5.26 Å². The smallest absolute Gasteiger partial charge is 0.270 e. The molecule has 0 aliphatic heterocycles. The van der Waals surface area contributed by atoms with Crippen molar-refractivity contribution in [1.29, 1.82) is 5.26 Å². The zero-order valence-electron chi connectivity index (χ0n) is 9.59. The molecule has 0 saturated carbocycles. The first kappa shape index (κ1) is 13.1. The number of nitro groups is 1. The Labute approximate surface area is 116 Å². The van der Waals surface area contributed by atoms with Crippen LogP contribution in [0.15, 0.2) is 39.2 Å². The number of anilines is 1. The number of non-ortho nitro benzene ring substituents is 1. The van der Waals surface area contributed by atoms with Crippen LogP contribution in [0.3, 0.4) is 0 Å². The summed E-state index contributed by atoms with van der Waals surface area (Å²) in [7, 11) is 0. The molecule has 19 heavy (non-hydrogen) atoms. The molecule has 0 aliphatic rings. The van der Waals surface area contributed by atoms with Gasteiger partial charge in [0.25, 0.3) is 5.69 Å². The van der Waals surface area contributed by atoms with Crippen LogP contribution in [0, 0.1) is 21.4 Å². The van der Waals surface area contributed by atoms with E-state index in [0.29, 0.717) is 22.5 Å². The highest BCUT2D eigenvalue weighted by Crippen LogP contribution is 2.27. The van der Waals surface area contributed by atoms with Crippen molar-refractivity contribution in [3.05, 3.63) is 56.4 Å². The van der Waals surface area contributed by atoms with Gasteiger partial charge in [0.1, 0.15) is 11.8 Å². The van der Waals surface area contributed by atoms with Gasteiger partial charge < -0.3 is 9.73 Å². The van der Waals surface area contributed by atoms with Gasteiger partial charge in [-0.3, -0.25) is 10.1 Å². The Morgan fingerprint density at radius 2 is 2.21 bits per heavy atom. The highest BCUT2D eigenvalue weighted by atomic mass is 79.9. The van der Waals surface area contributed by atoms with Crippen molar-refractivity contribution in [2.45, 2.75) is 6.54 Å². The predicted molar refractivity (Wildman–Crippen MR) is 71.5 cm³/mol. The number of nitriles is 1. The van der Waals surface area contributed by atoms with Gasteiger partial charge in [-0.05, 0) is 34.1 Å². The van der Waals surface area contributed by atoms with Crippen molar-refractivity contribution in [3.8, 4) is 6.07 Å². The average Bonchev–Trinajstić information content (AvgIpc) is 2.85. The predicted octanol–water partition coefficient (Wildman–Crippen LogP) is 3.43. The van der Waals surface area contributed by atoms with Gasteiger partial charge >= 0.3 is 0 Å². The van der Waals surface area contributed by atoms with Crippen LogP contribution in [0.4, 0.5) is 11.4 Å². The third kappa shape index (κ3) is 3.11. The maximum Gasteiger partial charge on any atom is 0.270 e. The molecule has 6 nitrogen and oxygen atoms in total. The van der Waals surface area contributed by atoms with Crippen LogP contribution < -0.4 is 5.32 Å². The lowest BCUT2D eigenvalue weighted by atomic mass is 10.3. The fourth-order valence-corrected chi connectivity index (χ4v) is 1.98. The summed E-state index contributed by atoms with van der Waals surface area (Å²) in [6, 6.07) is 9.62. The Balaban J connectivity index is 2.07. The molecule has 0 atom stereocenters. The summed E-state index contributed by atoms with van der Waals surface area (Å²) in [5.74, 6) is 0.862. The van der Waals surface area contributed by atoms with Crippen LogP contribution in [0.2, 0.25) is 0 Å². The molecule has 7 heteroatoms. The first-order valence-corrected chi connectivity index (χ1v) is 6.06. The number of hydrogen-bond donors (Lipinski definition) is 1. The van der Waals surface area contributed by atoms with Gasteiger partial charge in [-0.1, -0.05) is 0 Å².